The number of hydrogen-bond donors (Lipinski definition) is 1. The molecule has 0 bridgehead atoms. The first-order valence-electron chi connectivity index (χ1n) is 13.9. The molecule has 1 aliphatic heterocycles. The molecule has 0 saturated heterocycles. The lowest BCUT2D eigenvalue weighted by Crippen LogP contribution is -2.47. The molecule has 3 heterocycles. The Bertz CT molecular complexity index is 1300. The molecule has 2 atom stereocenters. The van der Waals surface area contributed by atoms with Crippen LogP contribution in [0.5, 0.6) is 11.5 Å². The number of likely N-dealkylation sites (N-methyl/N-ethyl adjacent to an activating group) is 1. The van der Waals surface area contributed by atoms with Crippen LogP contribution in [-0.2, 0) is 20.8 Å². The van der Waals surface area contributed by atoms with Crippen molar-refractivity contribution >= 4 is 40.8 Å². The van der Waals surface area contributed by atoms with Gasteiger partial charge < -0.3 is 29.2 Å². The van der Waals surface area contributed by atoms with Gasteiger partial charge in [-0.25, -0.2) is 9.59 Å². The quantitative estimate of drug-likeness (QED) is 0.221. The van der Waals surface area contributed by atoms with E-state index in [0.29, 0.717) is 24.5 Å². The number of amides is 3. The Hall–Kier alpha value is -3.77. The maximum absolute atomic E-state index is 14.0. The number of nitrogens with one attached hydrogen (secondary N) is 1. The summed E-state index contributed by atoms with van der Waals surface area (Å²) in [5.41, 5.74) is 0.875. The van der Waals surface area contributed by atoms with Crippen molar-refractivity contribution in [3.05, 3.63) is 68.5 Å². The van der Waals surface area contributed by atoms with E-state index >= 15 is 0 Å². The maximum atomic E-state index is 14.0. The largest absolute Gasteiger partial charge is 0.469 e. The van der Waals surface area contributed by atoms with Gasteiger partial charge in [0.1, 0.15) is 6.61 Å². The topological polar surface area (TPSA) is 107 Å². The molecule has 0 fully saturated rings. The van der Waals surface area contributed by atoms with Crippen LogP contribution in [0.2, 0.25) is 0 Å². The van der Waals surface area contributed by atoms with Gasteiger partial charge in [0.2, 0.25) is 6.79 Å². The second kappa shape index (κ2) is 15.5. The fourth-order valence-corrected chi connectivity index (χ4v) is 6.17. The highest BCUT2D eigenvalue weighted by molar-refractivity contribution is 7.10. The van der Waals surface area contributed by atoms with Crippen LogP contribution in [0.15, 0.2) is 53.2 Å². The molecule has 12 heteroatoms. The van der Waals surface area contributed by atoms with Crippen molar-refractivity contribution in [3.63, 3.8) is 0 Å². The van der Waals surface area contributed by atoms with Crippen molar-refractivity contribution < 1.29 is 33.3 Å². The zero-order chi connectivity index (χ0) is 29.9. The molecule has 0 spiro atoms. The second-order valence-corrected chi connectivity index (χ2v) is 11.8. The van der Waals surface area contributed by atoms with Crippen LogP contribution >= 0.6 is 22.7 Å². The molecular formula is C30H37N3O7S2. The van der Waals surface area contributed by atoms with Gasteiger partial charge in [0, 0.05) is 23.3 Å². The molecule has 3 aromatic rings. The molecule has 226 valence electrons. The number of esters is 1. The van der Waals surface area contributed by atoms with Crippen LogP contribution in [-0.4, -0.2) is 68.0 Å². The molecule has 1 aromatic carbocycles. The predicted molar refractivity (Wildman–Crippen MR) is 161 cm³/mol. The molecule has 1 N–H and O–H groups in total. The van der Waals surface area contributed by atoms with Crippen LogP contribution in [0.3, 0.4) is 0 Å². The zero-order valence-corrected chi connectivity index (χ0v) is 25.7. The normalized spacial score (nSPS) is 13.2. The van der Waals surface area contributed by atoms with Crippen molar-refractivity contribution in [1.29, 1.82) is 0 Å². The number of nitrogens with zero attached hydrogens (tertiary/aromatic N) is 2. The number of benzene rings is 1. The molecule has 0 radical (unpaired) electrons. The van der Waals surface area contributed by atoms with E-state index in [1.807, 2.05) is 53.2 Å². The summed E-state index contributed by atoms with van der Waals surface area (Å²) in [5.74, 6) is 0.906. The lowest BCUT2D eigenvalue weighted by atomic mass is 10.0. The lowest BCUT2D eigenvalue weighted by Gasteiger charge is -2.33. The lowest BCUT2D eigenvalue weighted by molar-refractivity contribution is -0.140. The van der Waals surface area contributed by atoms with Crippen LogP contribution in [0.1, 0.15) is 54.0 Å². The summed E-state index contributed by atoms with van der Waals surface area (Å²) in [6, 6.07) is 12.5. The van der Waals surface area contributed by atoms with E-state index in [0.717, 1.165) is 28.2 Å². The molecule has 42 heavy (non-hydrogen) atoms. The van der Waals surface area contributed by atoms with Gasteiger partial charge in [0.15, 0.2) is 11.5 Å². The monoisotopic (exact) mass is 615 g/mol. The van der Waals surface area contributed by atoms with Crippen LogP contribution in [0, 0.1) is 0 Å². The van der Waals surface area contributed by atoms with E-state index in [-0.39, 0.29) is 38.4 Å². The molecule has 3 amide bonds. The van der Waals surface area contributed by atoms with E-state index in [9.17, 15) is 14.4 Å². The smallest absolute Gasteiger partial charge is 0.410 e. The molecule has 2 aromatic heterocycles. The summed E-state index contributed by atoms with van der Waals surface area (Å²) >= 11 is 3.13. The minimum Gasteiger partial charge on any atom is -0.469 e. The minimum atomic E-state index is -0.486. The maximum Gasteiger partial charge on any atom is 0.410 e. The Labute approximate surface area is 254 Å². The first-order chi connectivity index (χ1) is 20.4. The number of fused-ring (bicyclic) bond motifs is 1. The summed E-state index contributed by atoms with van der Waals surface area (Å²) in [6.07, 6.45) is 2.03. The molecule has 10 nitrogen and oxygen atoms in total. The van der Waals surface area contributed by atoms with Gasteiger partial charge in [-0.05, 0) is 47.0 Å². The number of carbonyl (C=O) groups is 3. The average Bonchev–Trinajstić information content (AvgIpc) is 3.80. The van der Waals surface area contributed by atoms with Gasteiger partial charge in [-0.3, -0.25) is 9.69 Å². The number of hydrogen-bond acceptors (Lipinski definition) is 9. The minimum absolute atomic E-state index is 0.0268. The first kappa shape index (κ1) is 31.2. The van der Waals surface area contributed by atoms with Crippen LogP contribution in [0.25, 0.3) is 0 Å². The Balaban J connectivity index is 1.54. The van der Waals surface area contributed by atoms with Gasteiger partial charge in [-0.1, -0.05) is 38.0 Å². The van der Waals surface area contributed by atoms with Gasteiger partial charge in [-0.2, -0.15) is 0 Å². The van der Waals surface area contributed by atoms with Crippen LogP contribution < -0.4 is 14.8 Å². The Morgan fingerprint density at radius 2 is 1.86 bits per heavy atom. The van der Waals surface area contributed by atoms with Crippen molar-refractivity contribution in [2.75, 3.05) is 34.1 Å². The highest BCUT2D eigenvalue weighted by Crippen LogP contribution is 2.40. The Morgan fingerprint density at radius 1 is 1.07 bits per heavy atom. The van der Waals surface area contributed by atoms with Crippen molar-refractivity contribution in [3.8, 4) is 11.5 Å². The van der Waals surface area contributed by atoms with Crippen molar-refractivity contribution in [1.82, 2.24) is 15.1 Å². The molecule has 1 unspecified atom stereocenters. The number of ether oxygens (including phenoxy) is 4. The second-order valence-electron chi connectivity index (χ2n) is 9.78. The molecule has 4 rings (SSSR count). The number of urea groups is 1. The number of methoxy groups -OCH3 is 1. The number of thiophene rings is 2. The van der Waals surface area contributed by atoms with Gasteiger partial charge in [0.05, 0.1) is 32.2 Å². The molecular weight excluding hydrogens is 578 g/mol. The fourth-order valence-electron chi connectivity index (χ4n) is 4.60. The van der Waals surface area contributed by atoms with Crippen molar-refractivity contribution in [2.24, 2.45) is 0 Å². The summed E-state index contributed by atoms with van der Waals surface area (Å²) in [6.45, 7) is 2.75. The van der Waals surface area contributed by atoms with Crippen molar-refractivity contribution in [2.45, 2.75) is 51.2 Å². The number of rotatable bonds is 14. The highest BCUT2D eigenvalue weighted by atomic mass is 32.1. The van der Waals surface area contributed by atoms with E-state index in [4.69, 9.17) is 14.2 Å². The first-order valence-corrected chi connectivity index (χ1v) is 15.6. The van der Waals surface area contributed by atoms with Gasteiger partial charge in [-0.15, -0.1) is 22.7 Å². The van der Waals surface area contributed by atoms with E-state index in [1.54, 1.807) is 39.5 Å². The SMILES string of the molecule is CCCC[C@@H](COC(=O)N(Cc1cccs1)C(c1ccc2c(c1)OCO2)c1cccs1)N(C)C(=O)NCCC(=O)OC. The van der Waals surface area contributed by atoms with E-state index in [1.165, 1.54) is 7.11 Å². The summed E-state index contributed by atoms with van der Waals surface area (Å²) in [5, 5.41) is 6.70. The summed E-state index contributed by atoms with van der Waals surface area (Å²) in [7, 11) is 2.98. The number of unbranched alkanes of at least 4 members (excludes halogenated alkanes) is 1. The predicted octanol–water partition coefficient (Wildman–Crippen LogP) is 6.03. The third kappa shape index (κ3) is 8.16. The molecule has 1 aliphatic rings. The van der Waals surface area contributed by atoms with Gasteiger partial charge >= 0.3 is 18.1 Å². The Kier molecular flexibility index (Phi) is 11.5. The third-order valence-corrected chi connectivity index (χ3v) is 8.75. The molecule has 0 saturated carbocycles. The summed E-state index contributed by atoms with van der Waals surface area (Å²) < 4.78 is 21.8. The molecule has 0 aliphatic carbocycles. The summed E-state index contributed by atoms with van der Waals surface area (Å²) in [4.78, 5) is 43.5. The number of carbonyl (C=O) groups excluding carboxylic acids is 3. The van der Waals surface area contributed by atoms with E-state index in [2.05, 4.69) is 17.0 Å². The highest BCUT2D eigenvalue weighted by Gasteiger charge is 2.32. The van der Waals surface area contributed by atoms with Crippen LogP contribution in [0.4, 0.5) is 9.59 Å². The fraction of sp³-hybridized carbons (Fsp3) is 0.433. The third-order valence-electron chi connectivity index (χ3n) is 6.97. The standard InChI is InChI=1S/C30H37N3O7S2/c1-4-5-8-22(32(2)29(35)31-14-13-27(34)37-3)19-38-30(36)33(18-23-9-6-15-41-23)28(26-10-7-16-42-26)21-11-12-24-25(17-21)40-20-39-24/h6-7,9-12,15-17,22,28H,4-5,8,13-14,18-20H2,1-3H3,(H,31,35)/t22-,28?/m0/s1. The zero-order valence-electron chi connectivity index (χ0n) is 24.1. The van der Waals surface area contributed by atoms with E-state index < -0.39 is 18.1 Å². The Morgan fingerprint density at radius 3 is 2.57 bits per heavy atom. The average molecular weight is 616 g/mol. The van der Waals surface area contributed by atoms with Gasteiger partial charge in [0.25, 0.3) is 0 Å².